The lowest BCUT2D eigenvalue weighted by Crippen LogP contribution is -2.39. The third kappa shape index (κ3) is 3.64. The molecule has 0 aliphatic carbocycles. The molecule has 0 N–H and O–H groups in total. The van der Waals surface area contributed by atoms with E-state index in [1.807, 2.05) is 32.0 Å². The number of aryl methyl sites for hydroxylation is 2. The predicted octanol–water partition coefficient (Wildman–Crippen LogP) is 4.55. The van der Waals surface area contributed by atoms with E-state index in [4.69, 9.17) is 21.1 Å². The van der Waals surface area contributed by atoms with Gasteiger partial charge in [0.05, 0.1) is 31.8 Å². The van der Waals surface area contributed by atoms with Gasteiger partial charge in [-0.05, 0) is 49.2 Å². The fourth-order valence-electron chi connectivity index (χ4n) is 3.60. The summed E-state index contributed by atoms with van der Waals surface area (Å²) in [6, 6.07) is 12.3. The number of fused-ring (bicyclic) bond motifs is 1. The van der Waals surface area contributed by atoms with Crippen molar-refractivity contribution in [2.75, 3.05) is 14.2 Å². The van der Waals surface area contributed by atoms with Crippen molar-refractivity contribution in [3.63, 3.8) is 0 Å². The predicted molar refractivity (Wildman–Crippen MR) is 125 cm³/mol. The van der Waals surface area contributed by atoms with Gasteiger partial charge in [0.2, 0.25) is 0 Å². The third-order valence-corrected chi connectivity index (χ3v) is 6.77. The fourth-order valence-corrected chi connectivity index (χ4v) is 4.95. The van der Waals surface area contributed by atoms with Gasteiger partial charge in [0, 0.05) is 16.0 Å². The number of halogens is 1. The van der Waals surface area contributed by atoms with Crippen LogP contribution in [0, 0.1) is 13.8 Å². The Morgan fingerprint density at radius 3 is 2.48 bits per heavy atom. The molecule has 6 nitrogen and oxygen atoms in total. The molecule has 0 fully saturated rings. The number of hydrogen-bond acceptors (Lipinski definition) is 5. The van der Waals surface area contributed by atoms with E-state index in [9.17, 15) is 9.59 Å². The third-order valence-electron chi connectivity index (χ3n) is 5.31. The Hall–Kier alpha value is -3.03. The van der Waals surface area contributed by atoms with Crippen LogP contribution in [0.2, 0.25) is 5.02 Å². The van der Waals surface area contributed by atoms with Crippen LogP contribution >= 0.6 is 22.9 Å². The van der Waals surface area contributed by atoms with Crippen LogP contribution in [0.5, 0.6) is 11.5 Å². The minimum absolute atomic E-state index is 0.286. The molecule has 0 aliphatic rings. The summed E-state index contributed by atoms with van der Waals surface area (Å²) in [7, 11) is 3.04. The molecular weight excluding hydrogens is 436 g/mol. The van der Waals surface area contributed by atoms with Crippen molar-refractivity contribution >= 4 is 33.2 Å². The Bertz CT molecular complexity index is 1420. The van der Waals surface area contributed by atoms with Crippen molar-refractivity contribution in [2.24, 2.45) is 0 Å². The molecule has 0 unspecified atom stereocenters. The SMILES string of the molecule is COc1ccc(-n2c(=O)c3c(C)c(C)sc3n(Cc3cccc(Cl)c3)c2=O)c(OC)c1. The Morgan fingerprint density at radius 2 is 1.81 bits per heavy atom. The number of hydrogen-bond donors (Lipinski definition) is 0. The summed E-state index contributed by atoms with van der Waals surface area (Å²) < 4.78 is 13.5. The van der Waals surface area contributed by atoms with Crippen molar-refractivity contribution in [1.29, 1.82) is 0 Å². The van der Waals surface area contributed by atoms with Gasteiger partial charge >= 0.3 is 5.69 Å². The lowest BCUT2D eigenvalue weighted by atomic mass is 10.2. The van der Waals surface area contributed by atoms with Gasteiger partial charge < -0.3 is 9.47 Å². The molecule has 160 valence electrons. The van der Waals surface area contributed by atoms with Crippen LogP contribution in [0.25, 0.3) is 15.9 Å². The normalized spacial score (nSPS) is 11.1. The molecule has 0 spiro atoms. The van der Waals surface area contributed by atoms with E-state index in [2.05, 4.69) is 0 Å². The maximum absolute atomic E-state index is 13.6. The van der Waals surface area contributed by atoms with Gasteiger partial charge in [-0.15, -0.1) is 11.3 Å². The molecule has 2 heterocycles. The van der Waals surface area contributed by atoms with Crippen molar-refractivity contribution in [3.05, 3.63) is 84.3 Å². The highest BCUT2D eigenvalue weighted by Crippen LogP contribution is 2.30. The zero-order chi connectivity index (χ0) is 22.3. The standard InChI is InChI=1S/C23H21ClN2O4S/c1-13-14(2)31-22-20(13)21(27)26(18-9-8-17(29-3)11-19(18)30-4)23(28)25(22)12-15-6-5-7-16(24)10-15/h5-11H,12H2,1-4H3. The van der Waals surface area contributed by atoms with Gasteiger partial charge in [0.15, 0.2) is 0 Å². The first-order chi connectivity index (χ1) is 14.8. The number of ether oxygens (including phenoxy) is 2. The van der Waals surface area contributed by atoms with Crippen molar-refractivity contribution in [2.45, 2.75) is 20.4 Å². The highest BCUT2D eigenvalue weighted by Gasteiger charge is 2.21. The van der Waals surface area contributed by atoms with Gasteiger partial charge in [-0.25, -0.2) is 9.36 Å². The molecule has 8 heteroatoms. The summed E-state index contributed by atoms with van der Waals surface area (Å²) in [5.41, 5.74) is 1.29. The van der Waals surface area contributed by atoms with Gasteiger partial charge in [-0.2, -0.15) is 0 Å². The second-order valence-electron chi connectivity index (χ2n) is 7.14. The quantitative estimate of drug-likeness (QED) is 0.442. The minimum atomic E-state index is -0.442. The topological polar surface area (TPSA) is 62.5 Å². The van der Waals surface area contributed by atoms with Crippen molar-refractivity contribution < 1.29 is 9.47 Å². The highest BCUT2D eigenvalue weighted by molar-refractivity contribution is 7.18. The fraction of sp³-hybridized carbons (Fsp3) is 0.217. The molecule has 0 bridgehead atoms. The second-order valence-corrected chi connectivity index (χ2v) is 8.78. The smallest absolute Gasteiger partial charge is 0.337 e. The number of nitrogens with zero attached hydrogens (tertiary/aromatic N) is 2. The van der Waals surface area contributed by atoms with Gasteiger partial charge in [0.25, 0.3) is 5.56 Å². The molecular formula is C23H21ClN2O4S. The van der Waals surface area contributed by atoms with Crippen molar-refractivity contribution in [1.82, 2.24) is 9.13 Å². The largest absolute Gasteiger partial charge is 0.497 e. The van der Waals surface area contributed by atoms with Crippen LogP contribution in [0.15, 0.2) is 52.1 Å². The van der Waals surface area contributed by atoms with E-state index in [-0.39, 0.29) is 12.1 Å². The van der Waals surface area contributed by atoms with E-state index in [0.717, 1.165) is 16.0 Å². The van der Waals surface area contributed by atoms with E-state index < -0.39 is 5.69 Å². The summed E-state index contributed by atoms with van der Waals surface area (Å²) in [6.45, 7) is 4.14. The lowest BCUT2D eigenvalue weighted by Gasteiger charge is -2.15. The molecule has 31 heavy (non-hydrogen) atoms. The van der Waals surface area contributed by atoms with Gasteiger partial charge in [-0.1, -0.05) is 23.7 Å². The molecule has 0 saturated heterocycles. The summed E-state index contributed by atoms with van der Waals surface area (Å²) in [5, 5.41) is 1.12. The van der Waals surface area contributed by atoms with E-state index in [1.165, 1.54) is 23.0 Å². The summed E-state index contributed by atoms with van der Waals surface area (Å²) >= 11 is 7.59. The number of rotatable bonds is 5. The number of thiophene rings is 1. The van der Waals surface area contributed by atoms with Crippen LogP contribution in [-0.2, 0) is 6.54 Å². The Balaban J connectivity index is 2.07. The first-order valence-electron chi connectivity index (χ1n) is 9.58. The number of aromatic nitrogens is 2. The zero-order valence-electron chi connectivity index (χ0n) is 17.6. The second kappa shape index (κ2) is 8.24. The van der Waals surface area contributed by atoms with Crippen LogP contribution in [0.3, 0.4) is 0 Å². The maximum atomic E-state index is 13.6. The molecule has 0 amide bonds. The van der Waals surface area contributed by atoms with E-state index in [0.29, 0.717) is 32.4 Å². The lowest BCUT2D eigenvalue weighted by molar-refractivity contribution is 0.392. The molecule has 0 saturated carbocycles. The molecule has 2 aromatic heterocycles. The summed E-state index contributed by atoms with van der Waals surface area (Å²) in [4.78, 5) is 28.8. The Labute approximate surface area is 187 Å². The van der Waals surface area contributed by atoms with Crippen molar-refractivity contribution in [3.8, 4) is 17.2 Å². The Morgan fingerprint density at radius 1 is 1.03 bits per heavy atom. The summed E-state index contributed by atoms with van der Waals surface area (Å²) in [6.07, 6.45) is 0. The molecule has 2 aromatic carbocycles. The van der Waals surface area contributed by atoms with E-state index >= 15 is 0 Å². The first-order valence-corrected chi connectivity index (χ1v) is 10.8. The van der Waals surface area contributed by atoms with Crippen LogP contribution in [0.1, 0.15) is 16.0 Å². The Kier molecular flexibility index (Phi) is 5.64. The summed E-state index contributed by atoms with van der Waals surface area (Å²) in [5.74, 6) is 0.938. The monoisotopic (exact) mass is 456 g/mol. The average molecular weight is 457 g/mol. The molecule has 4 aromatic rings. The minimum Gasteiger partial charge on any atom is -0.497 e. The van der Waals surface area contributed by atoms with Gasteiger partial charge in [0.1, 0.15) is 16.3 Å². The molecule has 0 radical (unpaired) electrons. The van der Waals surface area contributed by atoms with Gasteiger partial charge in [-0.3, -0.25) is 9.36 Å². The maximum Gasteiger partial charge on any atom is 0.337 e. The number of methoxy groups -OCH3 is 2. The molecule has 4 rings (SSSR count). The van der Waals surface area contributed by atoms with E-state index in [1.54, 1.807) is 35.9 Å². The average Bonchev–Trinajstić information content (AvgIpc) is 3.06. The highest BCUT2D eigenvalue weighted by atomic mass is 35.5. The van der Waals surface area contributed by atoms with Crippen LogP contribution in [0.4, 0.5) is 0 Å². The molecule has 0 aliphatic heterocycles. The first kappa shape index (κ1) is 21.2. The number of benzene rings is 2. The van der Waals surface area contributed by atoms with Crippen LogP contribution < -0.4 is 20.7 Å². The van der Waals surface area contributed by atoms with Crippen LogP contribution in [-0.4, -0.2) is 23.4 Å². The molecule has 0 atom stereocenters. The zero-order valence-corrected chi connectivity index (χ0v) is 19.1.